The van der Waals surface area contributed by atoms with E-state index in [0.717, 1.165) is 21.1 Å². The van der Waals surface area contributed by atoms with Gasteiger partial charge in [0.2, 0.25) is 0 Å². The first-order valence-electron chi connectivity index (χ1n) is 7.60. The third-order valence-electron chi connectivity index (χ3n) is 3.53. The lowest BCUT2D eigenvalue weighted by Gasteiger charge is -2.07. The third-order valence-corrected chi connectivity index (χ3v) is 4.23. The predicted octanol–water partition coefficient (Wildman–Crippen LogP) is 5.41. The van der Waals surface area contributed by atoms with E-state index in [-0.39, 0.29) is 17.1 Å². The molecule has 1 N–H and O–H groups in total. The van der Waals surface area contributed by atoms with E-state index in [1.807, 2.05) is 24.3 Å². The number of benzene rings is 2. The van der Waals surface area contributed by atoms with Crippen molar-refractivity contribution in [3.63, 3.8) is 0 Å². The van der Waals surface area contributed by atoms with Crippen LogP contribution in [-0.2, 0) is 0 Å². The molecule has 2 aromatic carbocycles. The molecule has 0 bridgehead atoms. The Morgan fingerprint density at radius 1 is 1.19 bits per heavy atom. The first-order chi connectivity index (χ1) is 12.5. The molecule has 0 radical (unpaired) electrons. The number of nitrogens with one attached hydrogen (secondary N) is 1. The number of allylic oxidation sites excluding steroid dienone is 1. The number of carbonyl (C=O) groups excluding carboxylic acids is 1. The Morgan fingerprint density at radius 3 is 2.85 bits per heavy atom. The van der Waals surface area contributed by atoms with Crippen molar-refractivity contribution in [3.05, 3.63) is 77.0 Å². The molecule has 0 atom stereocenters. The highest BCUT2D eigenvalue weighted by Crippen LogP contribution is 2.28. The van der Waals surface area contributed by atoms with Crippen LogP contribution in [0.4, 0.5) is 14.5 Å². The highest BCUT2D eigenvalue weighted by atomic mass is 79.9. The van der Waals surface area contributed by atoms with Gasteiger partial charge in [0.05, 0.1) is 11.2 Å². The molecule has 0 unspecified atom stereocenters. The van der Waals surface area contributed by atoms with Crippen LogP contribution in [-0.4, -0.2) is 17.4 Å². The molecule has 3 aromatic rings. The number of halogens is 3. The van der Waals surface area contributed by atoms with Crippen molar-refractivity contribution < 1.29 is 18.3 Å². The van der Waals surface area contributed by atoms with E-state index in [2.05, 4.69) is 31.0 Å². The van der Waals surface area contributed by atoms with Gasteiger partial charge in [-0.05, 0) is 30.3 Å². The summed E-state index contributed by atoms with van der Waals surface area (Å²) in [6.45, 7) is -2.93. The van der Waals surface area contributed by atoms with Crippen LogP contribution in [0.25, 0.3) is 10.9 Å². The topological polar surface area (TPSA) is 51.2 Å². The fourth-order valence-electron chi connectivity index (χ4n) is 2.38. The number of aromatic nitrogens is 1. The molecule has 0 aliphatic heterocycles. The molecule has 0 amide bonds. The van der Waals surface area contributed by atoms with E-state index in [1.165, 1.54) is 36.5 Å². The summed E-state index contributed by atoms with van der Waals surface area (Å²) in [5, 5.41) is 3.97. The van der Waals surface area contributed by atoms with Gasteiger partial charge >= 0.3 is 6.61 Å². The fourth-order valence-corrected chi connectivity index (χ4v) is 2.84. The second-order valence-electron chi connectivity index (χ2n) is 5.24. The maximum Gasteiger partial charge on any atom is 0.387 e. The van der Waals surface area contributed by atoms with Gasteiger partial charge in [-0.3, -0.25) is 9.78 Å². The van der Waals surface area contributed by atoms with Crippen LogP contribution >= 0.6 is 15.9 Å². The Labute approximate surface area is 156 Å². The molecule has 1 heterocycles. The SMILES string of the molecule is O=C(C=CNc1ccc(Br)c2cccnc12)c1cccc(OC(F)F)c1. The molecule has 132 valence electrons. The summed E-state index contributed by atoms with van der Waals surface area (Å²) in [6, 6.07) is 13.1. The molecule has 0 saturated carbocycles. The Morgan fingerprint density at radius 2 is 2.04 bits per heavy atom. The number of ketones is 1. The summed E-state index contributed by atoms with van der Waals surface area (Å²) in [6.07, 6.45) is 4.49. The normalized spacial score (nSPS) is 11.2. The smallest absolute Gasteiger partial charge is 0.387 e. The van der Waals surface area contributed by atoms with Crippen molar-refractivity contribution in [2.24, 2.45) is 0 Å². The van der Waals surface area contributed by atoms with Crippen molar-refractivity contribution in [1.29, 1.82) is 0 Å². The van der Waals surface area contributed by atoms with Crippen LogP contribution in [0.5, 0.6) is 5.75 Å². The Kier molecular flexibility index (Phi) is 5.58. The minimum absolute atomic E-state index is 0.0599. The van der Waals surface area contributed by atoms with E-state index in [9.17, 15) is 13.6 Å². The number of nitrogens with zero attached hydrogens (tertiary/aromatic N) is 1. The Hall–Kier alpha value is -2.80. The van der Waals surface area contributed by atoms with Gasteiger partial charge in [0.1, 0.15) is 5.75 Å². The van der Waals surface area contributed by atoms with Gasteiger partial charge in [-0.15, -0.1) is 0 Å². The minimum atomic E-state index is -2.93. The molecule has 0 spiro atoms. The molecular formula is C19H13BrF2N2O2. The van der Waals surface area contributed by atoms with E-state index in [0.29, 0.717) is 0 Å². The molecule has 1 aromatic heterocycles. The van der Waals surface area contributed by atoms with E-state index < -0.39 is 6.61 Å². The summed E-state index contributed by atoms with van der Waals surface area (Å²) < 4.78 is 29.7. The summed E-state index contributed by atoms with van der Waals surface area (Å²) in [4.78, 5) is 16.5. The number of alkyl halides is 2. The fraction of sp³-hybridized carbons (Fsp3) is 0.0526. The highest BCUT2D eigenvalue weighted by Gasteiger charge is 2.08. The number of hydrogen-bond acceptors (Lipinski definition) is 4. The van der Waals surface area contributed by atoms with Gasteiger partial charge in [0, 0.05) is 33.9 Å². The Balaban J connectivity index is 1.75. The van der Waals surface area contributed by atoms with Crippen molar-refractivity contribution >= 4 is 38.3 Å². The number of carbonyl (C=O) groups is 1. The van der Waals surface area contributed by atoms with Crippen molar-refractivity contribution in [2.45, 2.75) is 6.61 Å². The largest absolute Gasteiger partial charge is 0.435 e. The Bertz CT molecular complexity index is 977. The first-order valence-corrected chi connectivity index (χ1v) is 8.39. The zero-order valence-electron chi connectivity index (χ0n) is 13.3. The average Bonchev–Trinajstić information content (AvgIpc) is 2.63. The number of hydrogen-bond donors (Lipinski definition) is 1. The molecule has 3 rings (SSSR count). The zero-order valence-corrected chi connectivity index (χ0v) is 14.9. The van der Waals surface area contributed by atoms with Gasteiger partial charge < -0.3 is 10.1 Å². The molecule has 0 fully saturated rings. The maximum absolute atomic E-state index is 12.3. The lowest BCUT2D eigenvalue weighted by Crippen LogP contribution is -2.03. The molecular weight excluding hydrogens is 406 g/mol. The van der Waals surface area contributed by atoms with E-state index >= 15 is 0 Å². The second-order valence-corrected chi connectivity index (χ2v) is 6.10. The zero-order chi connectivity index (χ0) is 18.5. The van der Waals surface area contributed by atoms with Crippen LogP contribution in [0, 0.1) is 0 Å². The molecule has 7 heteroatoms. The predicted molar refractivity (Wildman–Crippen MR) is 99.6 cm³/mol. The lowest BCUT2D eigenvalue weighted by atomic mass is 10.1. The molecule has 4 nitrogen and oxygen atoms in total. The van der Waals surface area contributed by atoms with Crippen molar-refractivity contribution in [2.75, 3.05) is 5.32 Å². The van der Waals surface area contributed by atoms with Crippen LogP contribution < -0.4 is 10.1 Å². The summed E-state index contributed by atoms with van der Waals surface area (Å²) in [5.41, 5.74) is 1.74. The highest BCUT2D eigenvalue weighted by molar-refractivity contribution is 9.10. The second kappa shape index (κ2) is 8.05. The van der Waals surface area contributed by atoms with Crippen LogP contribution in [0.15, 0.2) is 71.5 Å². The third kappa shape index (κ3) is 4.23. The maximum atomic E-state index is 12.3. The average molecular weight is 419 g/mol. The van der Waals surface area contributed by atoms with E-state index in [1.54, 1.807) is 6.20 Å². The van der Waals surface area contributed by atoms with Gasteiger partial charge in [-0.1, -0.05) is 34.1 Å². The van der Waals surface area contributed by atoms with Gasteiger partial charge in [0.25, 0.3) is 0 Å². The molecule has 0 saturated heterocycles. The lowest BCUT2D eigenvalue weighted by molar-refractivity contribution is -0.0498. The number of rotatable bonds is 6. The monoisotopic (exact) mass is 418 g/mol. The van der Waals surface area contributed by atoms with Crippen molar-refractivity contribution in [3.8, 4) is 5.75 Å². The number of pyridine rings is 1. The minimum Gasteiger partial charge on any atom is -0.435 e. The standard InChI is InChI=1S/C19H13BrF2N2O2/c20-15-6-7-16(18-14(15)5-2-9-24-18)23-10-8-17(25)12-3-1-4-13(11-12)26-19(21)22/h1-11,19,23H. The van der Waals surface area contributed by atoms with Gasteiger partial charge in [0.15, 0.2) is 5.78 Å². The van der Waals surface area contributed by atoms with Crippen LogP contribution in [0.1, 0.15) is 10.4 Å². The van der Waals surface area contributed by atoms with Gasteiger partial charge in [-0.25, -0.2) is 0 Å². The van der Waals surface area contributed by atoms with E-state index in [4.69, 9.17) is 0 Å². The summed E-state index contributed by atoms with van der Waals surface area (Å²) in [7, 11) is 0. The number of fused-ring (bicyclic) bond motifs is 1. The summed E-state index contributed by atoms with van der Waals surface area (Å²) >= 11 is 3.47. The number of ether oxygens (including phenoxy) is 1. The first kappa shape index (κ1) is 18.0. The summed E-state index contributed by atoms with van der Waals surface area (Å²) in [5.74, 6) is -0.401. The van der Waals surface area contributed by atoms with Crippen molar-refractivity contribution in [1.82, 2.24) is 4.98 Å². The van der Waals surface area contributed by atoms with Crippen LogP contribution in [0.2, 0.25) is 0 Å². The van der Waals surface area contributed by atoms with Crippen LogP contribution in [0.3, 0.4) is 0 Å². The van der Waals surface area contributed by atoms with Gasteiger partial charge in [-0.2, -0.15) is 8.78 Å². The number of anilines is 1. The molecule has 26 heavy (non-hydrogen) atoms. The molecule has 0 aliphatic carbocycles. The quantitative estimate of drug-likeness (QED) is 0.429. The molecule has 0 aliphatic rings.